The Bertz CT molecular complexity index is 868. The molecule has 0 radical (unpaired) electrons. The van der Waals surface area contributed by atoms with Crippen LogP contribution < -0.4 is 10.1 Å². The summed E-state index contributed by atoms with van der Waals surface area (Å²) in [5.74, 6) is -2.83. The minimum atomic E-state index is -1.58. The molecular weight excluding hydrogens is 365 g/mol. The summed E-state index contributed by atoms with van der Waals surface area (Å²) in [6.07, 6.45) is -0.254. The summed E-state index contributed by atoms with van der Waals surface area (Å²) in [6, 6.07) is 12.2. The number of carboxylic acid groups (broad SMARTS) is 1. The Morgan fingerprint density at radius 3 is 2.32 bits per heavy atom. The third-order valence-electron chi connectivity index (χ3n) is 4.57. The predicted octanol–water partition coefficient (Wildman–Crippen LogP) is 3.30. The Labute approximate surface area is 162 Å². The topological polar surface area (TPSA) is 92.7 Å². The van der Waals surface area contributed by atoms with Crippen molar-refractivity contribution in [2.24, 2.45) is 0 Å². The van der Waals surface area contributed by atoms with Crippen molar-refractivity contribution in [3.63, 3.8) is 0 Å². The molecule has 1 amide bonds. The number of benzene rings is 2. The fourth-order valence-electron chi connectivity index (χ4n) is 2.93. The number of halogens is 1. The average Bonchev–Trinajstić information content (AvgIpc) is 2.70. The highest BCUT2D eigenvalue weighted by atomic mass is 19.1. The molecule has 2 aromatic rings. The molecule has 0 aliphatic carbocycles. The first kappa shape index (κ1) is 21.1. The number of amides is 1. The summed E-state index contributed by atoms with van der Waals surface area (Å²) in [5.41, 5.74) is -1.01. The van der Waals surface area contributed by atoms with Crippen molar-refractivity contribution < 1.29 is 28.6 Å². The van der Waals surface area contributed by atoms with Gasteiger partial charge in [0.05, 0.1) is 7.11 Å². The summed E-state index contributed by atoms with van der Waals surface area (Å²) < 4.78 is 18.5. The molecule has 0 heterocycles. The number of ketones is 1. The van der Waals surface area contributed by atoms with Gasteiger partial charge in [0.15, 0.2) is 22.9 Å². The van der Waals surface area contributed by atoms with Gasteiger partial charge >= 0.3 is 5.97 Å². The van der Waals surface area contributed by atoms with Gasteiger partial charge in [0.2, 0.25) is 5.91 Å². The van der Waals surface area contributed by atoms with E-state index in [4.69, 9.17) is 4.74 Å². The van der Waals surface area contributed by atoms with E-state index < -0.39 is 29.0 Å². The molecule has 0 aliphatic rings. The van der Waals surface area contributed by atoms with Crippen LogP contribution in [0.4, 0.5) is 4.39 Å². The van der Waals surface area contributed by atoms with E-state index in [1.807, 2.05) is 0 Å². The molecule has 0 bridgehead atoms. The number of carboxylic acids is 1. The number of Topliss-reactive ketones (excluding diaryl/α,β-unsaturated/α-hetero) is 1. The molecular formula is C21H22FNO5. The van der Waals surface area contributed by atoms with Crippen LogP contribution in [0.3, 0.4) is 0 Å². The van der Waals surface area contributed by atoms with Crippen molar-refractivity contribution in [2.45, 2.75) is 31.7 Å². The minimum Gasteiger partial charge on any atom is -0.494 e. The highest BCUT2D eigenvalue weighted by molar-refractivity contribution is 5.98. The highest BCUT2D eigenvalue weighted by Crippen LogP contribution is 2.26. The largest absolute Gasteiger partial charge is 0.494 e. The highest BCUT2D eigenvalue weighted by Gasteiger charge is 2.40. The quantitative estimate of drug-likeness (QED) is 0.644. The van der Waals surface area contributed by atoms with E-state index in [9.17, 15) is 23.9 Å². The van der Waals surface area contributed by atoms with Crippen LogP contribution in [0.15, 0.2) is 48.5 Å². The molecule has 28 heavy (non-hydrogen) atoms. The van der Waals surface area contributed by atoms with Crippen LogP contribution >= 0.6 is 0 Å². The number of ether oxygens (including phenoxy) is 1. The molecule has 6 nitrogen and oxygen atoms in total. The zero-order valence-corrected chi connectivity index (χ0v) is 15.7. The van der Waals surface area contributed by atoms with E-state index in [0.29, 0.717) is 5.56 Å². The van der Waals surface area contributed by atoms with E-state index >= 15 is 0 Å². The number of nitrogens with one attached hydrogen (secondary N) is 1. The van der Waals surface area contributed by atoms with Crippen LogP contribution in [0, 0.1) is 5.82 Å². The summed E-state index contributed by atoms with van der Waals surface area (Å²) in [4.78, 5) is 36.5. The first-order chi connectivity index (χ1) is 13.3. The zero-order valence-electron chi connectivity index (χ0n) is 15.7. The van der Waals surface area contributed by atoms with Crippen LogP contribution in [0.25, 0.3) is 0 Å². The van der Waals surface area contributed by atoms with Crippen molar-refractivity contribution in [3.8, 4) is 5.75 Å². The van der Waals surface area contributed by atoms with Crippen molar-refractivity contribution in [2.75, 3.05) is 7.11 Å². The number of methoxy groups -OCH3 is 1. The maximum Gasteiger partial charge on any atom is 0.334 e. The smallest absolute Gasteiger partial charge is 0.334 e. The Balaban J connectivity index is 2.08. The van der Waals surface area contributed by atoms with Gasteiger partial charge in [-0.15, -0.1) is 0 Å². The lowest BCUT2D eigenvalue weighted by Crippen LogP contribution is -2.51. The summed E-state index contributed by atoms with van der Waals surface area (Å²) in [7, 11) is 1.32. The van der Waals surface area contributed by atoms with E-state index in [1.54, 1.807) is 37.3 Å². The number of rotatable bonds is 9. The van der Waals surface area contributed by atoms with E-state index in [-0.39, 0.29) is 30.6 Å². The molecule has 0 aliphatic heterocycles. The van der Waals surface area contributed by atoms with Gasteiger partial charge in [-0.25, -0.2) is 9.18 Å². The molecule has 1 atom stereocenters. The minimum absolute atomic E-state index is 0.0198. The number of aliphatic carboxylic acids is 1. The summed E-state index contributed by atoms with van der Waals surface area (Å²) in [5, 5.41) is 12.3. The molecule has 148 valence electrons. The van der Waals surface area contributed by atoms with Gasteiger partial charge in [-0.1, -0.05) is 37.3 Å². The molecule has 0 spiro atoms. The number of hydrogen-bond acceptors (Lipinski definition) is 4. The Kier molecular flexibility index (Phi) is 6.87. The van der Waals surface area contributed by atoms with Crippen LogP contribution in [0.1, 0.15) is 42.1 Å². The molecule has 0 saturated heterocycles. The lowest BCUT2D eigenvalue weighted by Gasteiger charge is -2.30. The van der Waals surface area contributed by atoms with E-state index in [0.717, 1.165) is 6.07 Å². The van der Waals surface area contributed by atoms with Crippen LogP contribution in [-0.2, 0) is 15.1 Å². The second-order valence-corrected chi connectivity index (χ2v) is 6.25. The van der Waals surface area contributed by atoms with Crippen molar-refractivity contribution >= 4 is 17.7 Å². The van der Waals surface area contributed by atoms with Crippen molar-refractivity contribution in [1.29, 1.82) is 0 Å². The van der Waals surface area contributed by atoms with Crippen LogP contribution in [0.5, 0.6) is 5.75 Å². The van der Waals surface area contributed by atoms with Gasteiger partial charge in [-0.3, -0.25) is 9.59 Å². The third kappa shape index (κ3) is 4.54. The fourth-order valence-corrected chi connectivity index (χ4v) is 2.93. The first-order valence-electron chi connectivity index (χ1n) is 8.80. The normalized spacial score (nSPS) is 12.7. The Hall–Kier alpha value is -3.22. The van der Waals surface area contributed by atoms with Gasteiger partial charge in [0.1, 0.15) is 0 Å². The summed E-state index contributed by atoms with van der Waals surface area (Å²) in [6.45, 7) is 1.66. The van der Waals surface area contributed by atoms with Gasteiger partial charge in [0, 0.05) is 18.4 Å². The number of carbonyl (C=O) groups excluding carboxylic acids is 2. The predicted molar refractivity (Wildman–Crippen MR) is 101 cm³/mol. The van der Waals surface area contributed by atoms with Crippen molar-refractivity contribution in [1.82, 2.24) is 5.32 Å². The Morgan fingerprint density at radius 1 is 1.11 bits per heavy atom. The number of carbonyl (C=O) groups is 3. The molecule has 0 aromatic heterocycles. The van der Waals surface area contributed by atoms with Gasteiger partial charge in [0.25, 0.3) is 0 Å². The second-order valence-electron chi connectivity index (χ2n) is 6.25. The maximum absolute atomic E-state index is 13.7. The first-order valence-corrected chi connectivity index (χ1v) is 8.80. The van der Waals surface area contributed by atoms with E-state index in [1.165, 1.54) is 19.2 Å². The average molecular weight is 387 g/mol. The third-order valence-corrected chi connectivity index (χ3v) is 4.57. The number of hydrogen-bond donors (Lipinski definition) is 2. The zero-order chi connectivity index (χ0) is 20.7. The molecule has 1 unspecified atom stereocenters. The molecule has 2 aromatic carbocycles. The van der Waals surface area contributed by atoms with Gasteiger partial charge in [-0.2, -0.15) is 0 Å². The van der Waals surface area contributed by atoms with Crippen LogP contribution in [-0.4, -0.2) is 29.9 Å². The molecule has 2 rings (SSSR count). The van der Waals surface area contributed by atoms with E-state index in [2.05, 4.69) is 5.32 Å². The fraction of sp³-hybridized carbons (Fsp3) is 0.286. The van der Waals surface area contributed by atoms with Crippen LogP contribution in [0.2, 0.25) is 0 Å². The second kappa shape index (κ2) is 9.12. The molecule has 7 heteroatoms. The monoisotopic (exact) mass is 387 g/mol. The summed E-state index contributed by atoms with van der Waals surface area (Å²) >= 11 is 0. The van der Waals surface area contributed by atoms with Gasteiger partial charge < -0.3 is 15.2 Å². The molecule has 0 fully saturated rings. The SMILES string of the molecule is CCC(NC(=O)CCC(=O)c1ccc(OC)c(F)c1)(C(=O)O)c1ccccc1. The lowest BCUT2D eigenvalue weighted by atomic mass is 9.87. The van der Waals surface area contributed by atoms with Gasteiger partial charge in [-0.05, 0) is 30.2 Å². The lowest BCUT2D eigenvalue weighted by molar-refractivity contribution is -0.148. The maximum atomic E-state index is 13.7. The Morgan fingerprint density at radius 2 is 1.79 bits per heavy atom. The van der Waals surface area contributed by atoms with Crippen molar-refractivity contribution in [3.05, 3.63) is 65.5 Å². The standard InChI is InChI=1S/C21H22FNO5/c1-3-21(20(26)27,15-7-5-4-6-8-15)23-19(25)12-10-17(24)14-9-11-18(28-2)16(22)13-14/h4-9,11,13H,3,10,12H2,1-2H3,(H,23,25)(H,26,27). The molecule has 2 N–H and O–H groups in total. The molecule has 0 saturated carbocycles.